The first kappa shape index (κ1) is 37.8. The van der Waals surface area contributed by atoms with Gasteiger partial charge in [0.15, 0.2) is 0 Å². The van der Waals surface area contributed by atoms with Crippen LogP contribution in [0, 0.1) is 23.7 Å². The molecule has 3 heterocycles. The molecule has 4 unspecified atom stereocenters. The quantitative estimate of drug-likeness (QED) is 0.147. The molecule has 0 aliphatic carbocycles. The van der Waals surface area contributed by atoms with E-state index >= 15 is 0 Å². The Morgan fingerprint density at radius 3 is 1.96 bits per heavy atom. The first-order valence-corrected chi connectivity index (χ1v) is 17.8. The van der Waals surface area contributed by atoms with Crippen LogP contribution in [-0.4, -0.2) is 87.5 Å². The minimum Gasteiger partial charge on any atom is -0.453 e. The molecule has 3 amide bonds. The summed E-state index contributed by atoms with van der Waals surface area (Å²) in [6, 6.07) is 14.5. The number of benzene rings is 2. The number of amides is 3. The van der Waals surface area contributed by atoms with Gasteiger partial charge in [0.25, 0.3) is 0 Å². The lowest BCUT2D eigenvalue weighted by molar-refractivity contribution is -0.138. The summed E-state index contributed by atoms with van der Waals surface area (Å²) in [5, 5.41) is 5.49. The number of carbonyl (C=O) groups excluding carboxylic acids is 3. The normalized spacial score (nSPS) is 16.0. The maximum atomic E-state index is 13.5. The number of imidazole rings is 2. The SMILES string of the molecule is COC(=O)NC(C(=O)NC(C)c1ncc(-c2ccc(C#Cc3ccc(-c4cnc(C5CCCN5C(=O)C(C(C)C)N(C)C)[nH]4)cc3)cc2)[nH]1)C(C)C. The van der Waals surface area contributed by atoms with Gasteiger partial charge in [-0.3, -0.25) is 14.5 Å². The van der Waals surface area contributed by atoms with E-state index in [1.54, 1.807) is 6.20 Å². The van der Waals surface area contributed by atoms with Crippen LogP contribution in [0.25, 0.3) is 22.5 Å². The van der Waals surface area contributed by atoms with Gasteiger partial charge in [0.2, 0.25) is 11.8 Å². The largest absolute Gasteiger partial charge is 0.453 e. The van der Waals surface area contributed by atoms with Crippen LogP contribution in [0.2, 0.25) is 0 Å². The number of ether oxygens (including phenoxy) is 1. The molecule has 52 heavy (non-hydrogen) atoms. The fraction of sp³-hybridized carbons (Fsp3) is 0.425. The van der Waals surface area contributed by atoms with Gasteiger partial charge < -0.3 is 30.2 Å². The number of nitrogens with zero attached hydrogens (tertiary/aromatic N) is 4. The third-order valence-electron chi connectivity index (χ3n) is 9.40. The molecule has 2 aromatic carbocycles. The summed E-state index contributed by atoms with van der Waals surface area (Å²) in [7, 11) is 5.19. The third kappa shape index (κ3) is 8.90. The summed E-state index contributed by atoms with van der Waals surface area (Å²) in [4.78, 5) is 58.0. The highest BCUT2D eigenvalue weighted by Crippen LogP contribution is 2.33. The van der Waals surface area contributed by atoms with Crippen LogP contribution in [0.1, 0.15) is 82.3 Å². The van der Waals surface area contributed by atoms with Crippen molar-refractivity contribution in [3.05, 3.63) is 83.7 Å². The molecule has 4 aromatic rings. The van der Waals surface area contributed by atoms with Crippen molar-refractivity contribution in [2.75, 3.05) is 27.7 Å². The summed E-state index contributed by atoms with van der Waals surface area (Å²) in [5.41, 5.74) is 5.41. The third-order valence-corrected chi connectivity index (χ3v) is 9.40. The molecule has 1 saturated heterocycles. The van der Waals surface area contributed by atoms with Crippen molar-refractivity contribution in [1.82, 2.24) is 40.4 Å². The molecule has 1 aliphatic rings. The molecule has 12 heteroatoms. The monoisotopic (exact) mass is 706 g/mol. The number of hydrogen-bond acceptors (Lipinski definition) is 7. The Kier molecular flexibility index (Phi) is 12.2. The van der Waals surface area contributed by atoms with Crippen molar-refractivity contribution < 1.29 is 19.1 Å². The zero-order valence-corrected chi connectivity index (χ0v) is 31.3. The van der Waals surface area contributed by atoms with E-state index in [4.69, 9.17) is 4.98 Å². The van der Waals surface area contributed by atoms with Gasteiger partial charge in [-0.2, -0.15) is 0 Å². The van der Waals surface area contributed by atoms with E-state index in [0.717, 1.165) is 58.9 Å². The van der Waals surface area contributed by atoms with E-state index in [-0.39, 0.29) is 35.7 Å². The second-order valence-electron chi connectivity index (χ2n) is 14.2. The number of likely N-dealkylation sites (tertiary alicyclic amines) is 1. The molecule has 2 aromatic heterocycles. The van der Waals surface area contributed by atoms with Crippen molar-refractivity contribution in [2.45, 2.75) is 71.6 Å². The van der Waals surface area contributed by atoms with Crippen molar-refractivity contribution in [3.8, 4) is 34.4 Å². The van der Waals surface area contributed by atoms with Crippen molar-refractivity contribution in [3.63, 3.8) is 0 Å². The number of alkyl carbamates (subject to hydrolysis) is 1. The molecule has 12 nitrogen and oxygen atoms in total. The van der Waals surface area contributed by atoms with E-state index in [9.17, 15) is 14.4 Å². The minimum absolute atomic E-state index is 0.0496. The van der Waals surface area contributed by atoms with Crippen LogP contribution in [0.4, 0.5) is 4.79 Å². The summed E-state index contributed by atoms with van der Waals surface area (Å²) in [5.74, 6) is 7.84. The minimum atomic E-state index is -0.737. The number of hydrogen-bond donors (Lipinski definition) is 4. The predicted molar refractivity (Wildman–Crippen MR) is 201 cm³/mol. The highest BCUT2D eigenvalue weighted by atomic mass is 16.5. The number of aromatic amines is 2. The molecule has 5 rings (SSSR count). The van der Waals surface area contributed by atoms with E-state index < -0.39 is 18.2 Å². The Morgan fingerprint density at radius 1 is 0.846 bits per heavy atom. The number of aromatic nitrogens is 4. The van der Waals surface area contributed by atoms with Crippen LogP contribution in [0.5, 0.6) is 0 Å². The summed E-state index contributed by atoms with van der Waals surface area (Å²) < 4.78 is 4.65. The van der Waals surface area contributed by atoms with Crippen LogP contribution < -0.4 is 10.6 Å². The number of H-pyrrole nitrogens is 2. The van der Waals surface area contributed by atoms with Gasteiger partial charge in [-0.15, -0.1) is 0 Å². The molecular formula is C40H50N8O4. The number of nitrogens with one attached hydrogen (secondary N) is 4. The molecule has 0 radical (unpaired) electrons. The topological polar surface area (TPSA) is 148 Å². The zero-order chi connectivity index (χ0) is 37.5. The van der Waals surface area contributed by atoms with E-state index in [1.807, 2.05) is 99.4 Å². The lowest BCUT2D eigenvalue weighted by atomic mass is 10.0. The van der Waals surface area contributed by atoms with Crippen LogP contribution >= 0.6 is 0 Å². The molecule has 4 atom stereocenters. The second kappa shape index (κ2) is 16.7. The van der Waals surface area contributed by atoms with Gasteiger partial charge in [-0.25, -0.2) is 14.8 Å². The Morgan fingerprint density at radius 2 is 1.42 bits per heavy atom. The summed E-state index contributed by atoms with van der Waals surface area (Å²) >= 11 is 0. The summed E-state index contributed by atoms with van der Waals surface area (Å²) in [6.07, 6.45) is 4.77. The van der Waals surface area contributed by atoms with E-state index in [0.29, 0.717) is 5.82 Å². The number of likely N-dealkylation sites (N-methyl/N-ethyl adjacent to an activating group) is 1. The fourth-order valence-corrected chi connectivity index (χ4v) is 6.65. The number of methoxy groups -OCH3 is 1. The second-order valence-corrected chi connectivity index (χ2v) is 14.2. The molecule has 0 saturated carbocycles. The predicted octanol–water partition coefficient (Wildman–Crippen LogP) is 5.67. The molecule has 0 spiro atoms. The van der Waals surface area contributed by atoms with Gasteiger partial charge in [0.05, 0.1) is 49.0 Å². The highest BCUT2D eigenvalue weighted by Gasteiger charge is 2.37. The highest BCUT2D eigenvalue weighted by molar-refractivity contribution is 5.86. The van der Waals surface area contributed by atoms with E-state index in [1.165, 1.54) is 7.11 Å². The van der Waals surface area contributed by atoms with Gasteiger partial charge in [0.1, 0.15) is 17.7 Å². The lowest BCUT2D eigenvalue weighted by Gasteiger charge is -2.33. The molecule has 0 bridgehead atoms. The van der Waals surface area contributed by atoms with Crippen molar-refractivity contribution in [2.24, 2.45) is 11.8 Å². The zero-order valence-electron chi connectivity index (χ0n) is 31.3. The Labute approximate surface area is 306 Å². The average Bonchev–Trinajstić information content (AvgIpc) is 3.91. The van der Waals surface area contributed by atoms with Crippen molar-refractivity contribution >= 4 is 17.9 Å². The Bertz CT molecular complexity index is 1890. The lowest BCUT2D eigenvalue weighted by Crippen LogP contribution is -2.50. The first-order chi connectivity index (χ1) is 24.9. The number of carbonyl (C=O) groups is 3. The Balaban J connectivity index is 1.19. The first-order valence-electron chi connectivity index (χ1n) is 17.8. The average molecular weight is 707 g/mol. The standard InChI is InChI=1S/C40H50N8O4/c1-24(2)34(46-40(51)52-8)38(49)43-26(5)36-41-22-31(44-36)29-17-13-27(14-18-29)11-12-28-15-19-30(20-16-28)32-23-42-37(45-32)33-10-9-21-48(33)39(50)35(25(3)4)47(6)7/h13-20,22-26,33-35H,9-10,21H2,1-8H3,(H,41,44)(H,42,45)(H,43,49)(H,46,51). The fourth-order valence-electron chi connectivity index (χ4n) is 6.65. The van der Waals surface area contributed by atoms with Gasteiger partial charge >= 0.3 is 6.09 Å². The summed E-state index contributed by atoms with van der Waals surface area (Å²) in [6.45, 7) is 10.5. The van der Waals surface area contributed by atoms with Gasteiger partial charge in [-0.1, -0.05) is 63.8 Å². The molecule has 1 fully saturated rings. The van der Waals surface area contributed by atoms with Crippen LogP contribution in [0.3, 0.4) is 0 Å². The maximum absolute atomic E-state index is 13.5. The molecule has 4 N–H and O–H groups in total. The molecule has 1 aliphatic heterocycles. The molecule has 274 valence electrons. The maximum Gasteiger partial charge on any atom is 0.407 e. The van der Waals surface area contributed by atoms with Crippen LogP contribution in [0.15, 0.2) is 60.9 Å². The van der Waals surface area contributed by atoms with Gasteiger partial charge in [0, 0.05) is 17.7 Å². The smallest absolute Gasteiger partial charge is 0.407 e. The molecular weight excluding hydrogens is 656 g/mol. The Hall–Kier alpha value is -5.41. The van der Waals surface area contributed by atoms with E-state index in [2.05, 4.69) is 56.0 Å². The number of rotatable bonds is 11. The van der Waals surface area contributed by atoms with Crippen LogP contribution in [-0.2, 0) is 14.3 Å². The van der Waals surface area contributed by atoms with Crippen molar-refractivity contribution in [1.29, 1.82) is 0 Å². The van der Waals surface area contributed by atoms with Gasteiger partial charge in [-0.05, 0) is 81.1 Å².